The maximum absolute atomic E-state index is 2.55. The maximum atomic E-state index is 2.55. The van der Waals surface area contributed by atoms with Gasteiger partial charge >= 0.3 is 0 Å². The third-order valence-electron chi connectivity index (χ3n) is 15.2. The number of hydrogen-bond acceptors (Lipinski definition) is 1. The van der Waals surface area contributed by atoms with Crippen molar-refractivity contribution in [2.24, 2.45) is 17.8 Å². The van der Waals surface area contributed by atoms with Gasteiger partial charge in [-0.15, -0.1) is 0 Å². The highest BCUT2D eigenvalue weighted by molar-refractivity contribution is 5.97. The smallest absolute Gasteiger partial charge is 0.0540 e. The van der Waals surface area contributed by atoms with Gasteiger partial charge in [-0.2, -0.15) is 0 Å². The number of benzene rings is 8. The highest BCUT2D eigenvalue weighted by Gasteiger charge is 2.51. The second-order valence-corrected chi connectivity index (χ2v) is 19.2. The Hall–Kier alpha value is -6.18. The molecule has 60 heavy (non-hydrogen) atoms. The number of hydrogen-bond donors (Lipinski definition) is 0. The predicted octanol–water partition coefficient (Wildman–Crippen LogP) is 16.1. The topological polar surface area (TPSA) is 3.24 Å². The summed E-state index contributed by atoms with van der Waals surface area (Å²) >= 11 is 0. The summed E-state index contributed by atoms with van der Waals surface area (Å²) in [5.74, 6) is 2.80. The minimum atomic E-state index is -0.123. The molecule has 0 saturated heterocycles. The van der Waals surface area contributed by atoms with Crippen LogP contribution in [0.3, 0.4) is 0 Å². The largest absolute Gasteiger partial charge is 0.309 e. The van der Waals surface area contributed by atoms with Gasteiger partial charge in [-0.3, -0.25) is 0 Å². The molecule has 0 unspecified atom stereocenters. The summed E-state index contributed by atoms with van der Waals surface area (Å²) in [6.45, 7) is 4.78. The molecular formula is C59H51N. The van der Waals surface area contributed by atoms with Crippen molar-refractivity contribution in [2.45, 2.75) is 63.2 Å². The van der Waals surface area contributed by atoms with Crippen molar-refractivity contribution in [3.63, 3.8) is 0 Å². The predicted molar refractivity (Wildman–Crippen MR) is 252 cm³/mol. The lowest BCUT2D eigenvalue weighted by Gasteiger charge is -2.57. The summed E-state index contributed by atoms with van der Waals surface area (Å²) in [6, 6.07) is 68.8. The van der Waals surface area contributed by atoms with Gasteiger partial charge in [-0.05, 0) is 159 Å². The normalized spacial score (nSPS) is 21.8. The van der Waals surface area contributed by atoms with Crippen molar-refractivity contribution in [3.05, 3.63) is 199 Å². The van der Waals surface area contributed by atoms with Crippen LogP contribution < -0.4 is 4.90 Å². The number of nitrogens with zero attached hydrogens (tertiary/aromatic N) is 1. The van der Waals surface area contributed by atoms with Crippen molar-refractivity contribution < 1.29 is 0 Å². The molecular weight excluding hydrogens is 723 g/mol. The number of anilines is 3. The van der Waals surface area contributed by atoms with Crippen LogP contribution in [0.5, 0.6) is 0 Å². The zero-order valence-corrected chi connectivity index (χ0v) is 34.7. The van der Waals surface area contributed by atoms with Gasteiger partial charge in [0.1, 0.15) is 0 Å². The molecule has 4 saturated carbocycles. The van der Waals surface area contributed by atoms with E-state index in [0.717, 1.165) is 23.4 Å². The molecule has 13 rings (SSSR count). The molecule has 0 radical (unpaired) electrons. The first-order valence-corrected chi connectivity index (χ1v) is 22.3. The Balaban J connectivity index is 1.04. The fourth-order valence-corrected chi connectivity index (χ4v) is 12.7. The molecule has 0 spiro atoms. The monoisotopic (exact) mass is 773 g/mol. The van der Waals surface area contributed by atoms with Gasteiger partial charge in [0.05, 0.1) is 11.4 Å². The van der Waals surface area contributed by atoms with Gasteiger partial charge in [-0.25, -0.2) is 0 Å². The fourth-order valence-electron chi connectivity index (χ4n) is 12.7. The number of para-hydroxylation sites is 1. The standard InChI is InChI=1S/C59H51N/c1-58(2)54-18-10-8-17-51(54)52-28-27-49(35-55(52)58)60(57-29-24-47(34-53(57)43-13-4-3-5-14-43)46-21-20-42-12-6-7-15-45(42)33-46)56-19-11-9-16-50(56)44-22-25-48(26-23-44)59-36-39-30-40(37-59)32-41(31-39)38-59/h3-29,33-35,39-41H,30-32,36-38H2,1-2H3. The lowest BCUT2D eigenvalue weighted by Crippen LogP contribution is -2.48. The van der Waals surface area contributed by atoms with Crippen LogP contribution in [0.4, 0.5) is 17.1 Å². The molecule has 1 heteroatoms. The van der Waals surface area contributed by atoms with E-state index in [2.05, 4.69) is 201 Å². The van der Waals surface area contributed by atoms with Crippen molar-refractivity contribution in [1.29, 1.82) is 0 Å². The van der Waals surface area contributed by atoms with Crippen molar-refractivity contribution in [1.82, 2.24) is 0 Å². The zero-order chi connectivity index (χ0) is 40.0. The summed E-state index contributed by atoms with van der Waals surface area (Å²) < 4.78 is 0. The van der Waals surface area contributed by atoms with Crippen LogP contribution in [-0.2, 0) is 10.8 Å². The van der Waals surface area contributed by atoms with Crippen LogP contribution in [0, 0.1) is 17.8 Å². The quantitative estimate of drug-likeness (QED) is 0.156. The molecule has 0 aliphatic heterocycles. The van der Waals surface area contributed by atoms with Crippen LogP contribution in [0.15, 0.2) is 182 Å². The molecule has 0 amide bonds. The molecule has 292 valence electrons. The Kier molecular flexibility index (Phi) is 8.15. The third-order valence-corrected chi connectivity index (χ3v) is 15.2. The van der Waals surface area contributed by atoms with Crippen LogP contribution >= 0.6 is 0 Å². The fraction of sp³-hybridized carbons (Fsp3) is 0.220. The highest BCUT2D eigenvalue weighted by atomic mass is 15.1. The highest BCUT2D eigenvalue weighted by Crippen LogP contribution is 2.61. The Bertz CT molecular complexity index is 2900. The average Bonchev–Trinajstić information content (AvgIpc) is 3.51. The second kappa shape index (κ2) is 13.7. The second-order valence-electron chi connectivity index (χ2n) is 19.2. The van der Waals surface area contributed by atoms with E-state index >= 15 is 0 Å². The first-order chi connectivity index (χ1) is 29.4. The van der Waals surface area contributed by atoms with Gasteiger partial charge in [-0.1, -0.05) is 159 Å². The number of fused-ring (bicyclic) bond motifs is 4. The molecule has 0 N–H and O–H groups in total. The average molecular weight is 774 g/mol. The lowest BCUT2D eigenvalue weighted by atomic mass is 9.48. The van der Waals surface area contributed by atoms with Gasteiger partial charge in [0, 0.05) is 22.2 Å². The maximum Gasteiger partial charge on any atom is 0.0540 e. The molecule has 4 bridgehead atoms. The summed E-state index contributed by atoms with van der Waals surface area (Å²) in [5.41, 5.74) is 18.2. The minimum absolute atomic E-state index is 0.123. The van der Waals surface area contributed by atoms with E-state index < -0.39 is 0 Å². The van der Waals surface area contributed by atoms with Crippen LogP contribution in [0.25, 0.3) is 55.3 Å². The Morgan fingerprint density at radius 1 is 0.400 bits per heavy atom. The number of rotatable bonds is 7. The SMILES string of the molecule is CC1(C)c2ccccc2-c2ccc(N(c3ccccc3-c3ccc(C45CC6CC(CC(C6)C4)C5)cc3)c3ccc(-c4ccc5ccccc5c4)cc3-c3ccccc3)cc21. The van der Waals surface area contributed by atoms with E-state index in [1.54, 1.807) is 5.56 Å². The molecule has 8 aromatic rings. The first-order valence-electron chi connectivity index (χ1n) is 22.3. The van der Waals surface area contributed by atoms with Crippen molar-refractivity contribution in [3.8, 4) is 44.5 Å². The molecule has 4 fully saturated rings. The molecule has 1 nitrogen and oxygen atoms in total. The molecule has 0 heterocycles. The van der Waals surface area contributed by atoms with Crippen LogP contribution in [0.2, 0.25) is 0 Å². The van der Waals surface area contributed by atoms with E-state index in [0.29, 0.717) is 5.41 Å². The Morgan fingerprint density at radius 3 is 1.73 bits per heavy atom. The lowest BCUT2D eigenvalue weighted by molar-refractivity contribution is -0.00518. The van der Waals surface area contributed by atoms with Gasteiger partial charge in [0.2, 0.25) is 0 Å². The summed E-state index contributed by atoms with van der Waals surface area (Å²) in [7, 11) is 0. The first kappa shape index (κ1) is 35.7. The van der Waals surface area contributed by atoms with E-state index in [1.165, 1.54) is 116 Å². The molecule has 0 aromatic heterocycles. The van der Waals surface area contributed by atoms with Crippen molar-refractivity contribution in [2.75, 3.05) is 4.90 Å². The molecule has 5 aliphatic rings. The van der Waals surface area contributed by atoms with Gasteiger partial charge < -0.3 is 4.90 Å². The van der Waals surface area contributed by atoms with E-state index in [4.69, 9.17) is 0 Å². The minimum Gasteiger partial charge on any atom is -0.309 e. The Labute approximate surface area is 355 Å². The summed E-state index contributed by atoms with van der Waals surface area (Å²) in [4.78, 5) is 2.55. The van der Waals surface area contributed by atoms with E-state index in [-0.39, 0.29) is 5.41 Å². The van der Waals surface area contributed by atoms with Crippen molar-refractivity contribution >= 4 is 27.8 Å². The molecule has 8 aromatic carbocycles. The summed E-state index contributed by atoms with van der Waals surface area (Å²) in [6.07, 6.45) is 8.58. The van der Waals surface area contributed by atoms with Crippen LogP contribution in [-0.4, -0.2) is 0 Å². The summed E-state index contributed by atoms with van der Waals surface area (Å²) in [5, 5.41) is 2.52. The zero-order valence-electron chi connectivity index (χ0n) is 34.7. The third kappa shape index (κ3) is 5.73. The van der Waals surface area contributed by atoms with E-state index in [1.807, 2.05) is 0 Å². The molecule has 5 aliphatic carbocycles. The van der Waals surface area contributed by atoms with E-state index in [9.17, 15) is 0 Å². The van der Waals surface area contributed by atoms with Crippen LogP contribution in [0.1, 0.15) is 69.1 Å². The molecule has 0 atom stereocenters. The van der Waals surface area contributed by atoms with Gasteiger partial charge in [0.15, 0.2) is 0 Å². The Morgan fingerprint density at radius 2 is 0.967 bits per heavy atom. The van der Waals surface area contributed by atoms with Gasteiger partial charge in [0.25, 0.3) is 0 Å².